The van der Waals surface area contributed by atoms with Crippen LogP contribution >= 0.6 is 0 Å². The molecule has 1 unspecified atom stereocenters. The average Bonchev–Trinajstić information content (AvgIpc) is 2.97. The van der Waals surface area contributed by atoms with Crippen LogP contribution in [0.1, 0.15) is 18.1 Å². The van der Waals surface area contributed by atoms with Gasteiger partial charge in [-0.2, -0.15) is 0 Å². The molecule has 0 spiro atoms. The molecule has 5 nitrogen and oxygen atoms in total. The third kappa shape index (κ3) is 2.86. The molecule has 2 N–H and O–H groups in total. The highest BCUT2D eigenvalue weighted by molar-refractivity contribution is 7.89. The van der Waals surface area contributed by atoms with Crippen LogP contribution < -0.4 is 9.88 Å². The molecule has 0 amide bonds. The number of hydrogen-bond donors (Lipinski definition) is 1. The number of aliphatic imine (C=N–C) groups is 1. The van der Waals surface area contributed by atoms with Crippen molar-refractivity contribution in [2.75, 3.05) is 7.11 Å². The van der Waals surface area contributed by atoms with Crippen LogP contribution in [0.15, 0.2) is 70.1 Å². The van der Waals surface area contributed by atoms with Gasteiger partial charge in [-0.3, -0.25) is 4.99 Å². The van der Waals surface area contributed by atoms with E-state index in [1.807, 2.05) is 37.4 Å². The van der Waals surface area contributed by atoms with Crippen molar-refractivity contribution in [3.63, 3.8) is 0 Å². The lowest BCUT2D eigenvalue weighted by atomic mass is 9.83. The van der Waals surface area contributed by atoms with Crippen molar-refractivity contribution in [2.45, 2.75) is 17.4 Å². The monoisotopic (exact) mass is 342 g/mol. The molecule has 0 aromatic heterocycles. The first-order chi connectivity index (χ1) is 11.3. The lowest BCUT2D eigenvalue weighted by Crippen LogP contribution is -2.21. The number of methoxy groups -OCH3 is 1. The van der Waals surface area contributed by atoms with E-state index in [-0.39, 0.29) is 4.90 Å². The Morgan fingerprint density at radius 1 is 1.00 bits per heavy atom. The minimum Gasteiger partial charge on any atom is -0.497 e. The Morgan fingerprint density at radius 2 is 1.54 bits per heavy atom. The molecule has 2 aromatic rings. The molecule has 0 aliphatic carbocycles. The molecule has 1 heterocycles. The molecule has 1 aliphatic rings. The minimum absolute atomic E-state index is 0.0822. The third-order valence-electron chi connectivity index (χ3n) is 4.06. The fourth-order valence-electron chi connectivity index (χ4n) is 2.83. The fraction of sp³-hybridized carbons (Fsp3) is 0.167. The van der Waals surface area contributed by atoms with Gasteiger partial charge in [-0.15, -0.1) is 0 Å². The highest BCUT2D eigenvalue weighted by Gasteiger charge is 2.34. The van der Waals surface area contributed by atoms with Crippen LogP contribution in [-0.2, 0) is 15.6 Å². The minimum atomic E-state index is -3.72. The number of ether oxygens (including phenoxy) is 1. The van der Waals surface area contributed by atoms with Crippen LogP contribution in [0.3, 0.4) is 0 Å². The first kappa shape index (κ1) is 16.4. The summed E-state index contributed by atoms with van der Waals surface area (Å²) in [6.45, 7) is 1.98. The number of benzene rings is 2. The van der Waals surface area contributed by atoms with Gasteiger partial charge in [0, 0.05) is 6.21 Å². The maximum Gasteiger partial charge on any atom is 0.238 e. The van der Waals surface area contributed by atoms with Crippen molar-refractivity contribution in [1.29, 1.82) is 0 Å². The van der Waals surface area contributed by atoms with E-state index in [1.165, 1.54) is 12.1 Å². The number of nitrogens with two attached hydrogens (primary N) is 1. The van der Waals surface area contributed by atoms with Gasteiger partial charge in [0.05, 0.1) is 12.0 Å². The third-order valence-corrected chi connectivity index (χ3v) is 4.99. The van der Waals surface area contributed by atoms with Gasteiger partial charge in [0.2, 0.25) is 10.0 Å². The molecule has 6 heteroatoms. The molecule has 0 radical (unpaired) electrons. The van der Waals surface area contributed by atoms with Gasteiger partial charge >= 0.3 is 0 Å². The van der Waals surface area contributed by atoms with Crippen molar-refractivity contribution >= 4 is 16.2 Å². The highest BCUT2D eigenvalue weighted by atomic mass is 32.2. The van der Waals surface area contributed by atoms with Crippen molar-refractivity contribution in [2.24, 2.45) is 10.1 Å². The van der Waals surface area contributed by atoms with Crippen molar-refractivity contribution in [1.82, 2.24) is 0 Å². The zero-order chi connectivity index (χ0) is 17.4. The maximum atomic E-state index is 11.5. The van der Waals surface area contributed by atoms with Crippen LogP contribution in [-0.4, -0.2) is 21.7 Å². The second-order valence-electron chi connectivity index (χ2n) is 5.71. The second-order valence-corrected chi connectivity index (χ2v) is 7.27. The Labute approximate surface area is 141 Å². The van der Waals surface area contributed by atoms with Gasteiger partial charge in [-0.05, 0) is 54.0 Å². The maximum absolute atomic E-state index is 11.5. The standard InChI is InChI=1S/C18H18N2O3S/c1-13-11-18(20-12-13,14-3-7-16(23-2)8-4-14)15-5-9-17(10-6-15)24(19,21)22/h3-12H,1-2H3,(H2,19,21,22). The van der Waals surface area contributed by atoms with E-state index in [4.69, 9.17) is 14.9 Å². The van der Waals surface area contributed by atoms with Gasteiger partial charge in [0.15, 0.2) is 0 Å². The van der Waals surface area contributed by atoms with E-state index < -0.39 is 15.6 Å². The zero-order valence-corrected chi connectivity index (χ0v) is 14.2. The average molecular weight is 342 g/mol. The lowest BCUT2D eigenvalue weighted by molar-refractivity contribution is 0.414. The molecule has 124 valence electrons. The van der Waals surface area contributed by atoms with E-state index in [2.05, 4.69) is 6.08 Å². The molecule has 3 rings (SSSR count). The Morgan fingerprint density at radius 3 is 1.96 bits per heavy atom. The van der Waals surface area contributed by atoms with Crippen molar-refractivity contribution in [3.05, 3.63) is 71.3 Å². The fourth-order valence-corrected chi connectivity index (χ4v) is 3.35. The van der Waals surface area contributed by atoms with E-state index in [0.29, 0.717) is 0 Å². The van der Waals surface area contributed by atoms with Crippen molar-refractivity contribution < 1.29 is 13.2 Å². The van der Waals surface area contributed by atoms with E-state index >= 15 is 0 Å². The quantitative estimate of drug-likeness (QED) is 0.927. The first-order valence-electron chi connectivity index (χ1n) is 7.38. The molecule has 1 aliphatic heterocycles. The summed E-state index contributed by atoms with van der Waals surface area (Å²) >= 11 is 0. The summed E-state index contributed by atoms with van der Waals surface area (Å²) in [6.07, 6.45) is 3.87. The number of hydrogen-bond acceptors (Lipinski definition) is 4. The number of rotatable bonds is 4. The molecule has 0 fully saturated rings. The molecule has 0 saturated carbocycles. The van der Waals surface area contributed by atoms with Gasteiger partial charge in [0.1, 0.15) is 11.3 Å². The van der Waals surface area contributed by atoms with Gasteiger partial charge in [0.25, 0.3) is 0 Å². The molecule has 0 bridgehead atoms. The summed E-state index contributed by atoms with van der Waals surface area (Å²) in [6, 6.07) is 14.2. The lowest BCUT2D eigenvalue weighted by Gasteiger charge is -2.26. The molecular formula is C18H18N2O3S. The summed E-state index contributed by atoms with van der Waals surface area (Å²) in [5, 5.41) is 5.18. The molecule has 2 aromatic carbocycles. The van der Waals surface area contributed by atoms with Crippen LogP contribution in [0.5, 0.6) is 5.75 Å². The van der Waals surface area contributed by atoms with Crippen LogP contribution in [0.4, 0.5) is 0 Å². The smallest absolute Gasteiger partial charge is 0.238 e. The van der Waals surface area contributed by atoms with E-state index in [9.17, 15) is 8.42 Å². The molecule has 24 heavy (non-hydrogen) atoms. The summed E-state index contributed by atoms with van der Waals surface area (Å²) < 4.78 is 28.1. The highest BCUT2D eigenvalue weighted by Crippen LogP contribution is 2.39. The largest absolute Gasteiger partial charge is 0.497 e. The summed E-state index contributed by atoms with van der Waals surface area (Å²) in [7, 11) is -2.10. The normalized spacial score (nSPS) is 20.0. The Balaban J connectivity index is 2.12. The number of sulfonamides is 1. The molecular weight excluding hydrogens is 324 g/mol. The van der Waals surface area contributed by atoms with Crippen LogP contribution in [0.25, 0.3) is 0 Å². The predicted octanol–water partition coefficient (Wildman–Crippen LogP) is 2.62. The first-order valence-corrected chi connectivity index (χ1v) is 8.92. The number of primary sulfonamides is 1. The zero-order valence-electron chi connectivity index (χ0n) is 13.4. The number of allylic oxidation sites excluding steroid dienone is 1. The number of nitrogens with zero attached hydrogens (tertiary/aromatic N) is 1. The SMILES string of the molecule is COc1ccc(C2(c3ccc(S(N)(=O)=O)cc3)C=C(C)C=N2)cc1. The second kappa shape index (κ2) is 5.89. The predicted molar refractivity (Wildman–Crippen MR) is 93.8 cm³/mol. The van der Waals surface area contributed by atoms with E-state index in [1.54, 1.807) is 19.2 Å². The molecule has 1 atom stereocenters. The van der Waals surface area contributed by atoms with Gasteiger partial charge in [-0.25, -0.2) is 13.6 Å². The Kier molecular flexibility index (Phi) is 4.03. The van der Waals surface area contributed by atoms with Crippen LogP contribution in [0.2, 0.25) is 0 Å². The van der Waals surface area contributed by atoms with Crippen LogP contribution in [0, 0.1) is 0 Å². The summed E-state index contributed by atoms with van der Waals surface area (Å²) in [4.78, 5) is 4.78. The van der Waals surface area contributed by atoms with Gasteiger partial charge in [-0.1, -0.05) is 24.3 Å². The van der Waals surface area contributed by atoms with E-state index in [0.717, 1.165) is 22.4 Å². The van der Waals surface area contributed by atoms with Crippen molar-refractivity contribution in [3.8, 4) is 5.75 Å². The Hall–Kier alpha value is -2.44. The molecule has 0 saturated heterocycles. The Bertz CT molecular complexity index is 914. The van der Waals surface area contributed by atoms with Gasteiger partial charge < -0.3 is 4.74 Å². The summed E-state index contributed by atoms with van der Waals surface area (Å²) in [5.41, 5.74) is 2.21. The topological polar surface area (TPSA) is 81.8 Å². The summed E-state index contributed by atoms with van der Waals surface area (Å²) in [5.74, 6) is 0.765.